The van der Waals surface area contributed by atoms with Crippen LogP contribution in [0.5, 0.6) is 5.75 Å². The summed E-state index contributed by atoms with van der Waals surface area (Å²) in [6.07, 6.45) is 3.48. The van der Waals surface area contributed by atoms with Crippen molar-refractivity contribution in [1.82, 2.24) is 14.5 Å². The molecule has 0 aliphatic rings. The molecule has 0 aliphatic carbocycles. The molecule has 0 N–H and O–H groups in total. The van der Waals surface area contributed by atoms with Gasteiger partial charge in [0.25, 0.3) is 0 Å². The minimum atomic E-state index is 0.176. The van der Waals surface area contributed by atoms with Gasteiger partial charge in [-0.1, -0.05) is 11.6 Å². The zero-order valence-electron chi connectivity index (χ0n) is 10.9. The van der Waals surface area contributed by atoms with E-state index in [9.17, 15) is 0 Å². The SMILES string of the molecule is COc1ccc2c(-c3nc(Cl)ncc3Cl)cn(C)c2c1. The second kappa shape index (κ2) is 4.96. The molecule has 0 unspecified atom stereocenters. The normalized spacial score (nSPS) is 11.0. The number of ether oxygens (including phenoxy) is 1. The van der Waals surface area contributed by atoms with Gasteiger partial charge < -0.3 is 9.30 Å². The van der Waals surface area contributed by atoms with E-state index in [2.05, 4.69) is 9.97 Å². The minimum Gasteiger partial charge on any atom is -0.497 e. The predicted molar refractivity (Wildman–Crippen MR) is 80.5 cm³/mol. The van der Waals surface area contributed by atoms with Crippen molar-refractivity contribution < 1.29 is 4.74 Å². The van der Waals surface area contributed by atoms with Gasteiger partial charge in [0.2, 0.25) is 5.28 Å². The molecule has 0 atom stereocenters. The number of methoxy groups -OCH3 is 1. The highest BCUT2D eigenvalue weighted by atomic mass is 35.5. The van der Waals surface area contributed by atoms with Gasteiger partial charge in [-0.25, -0.2) is 9.97 Å². The second-order valence-corrected chi connectivity index (χ2v) is 5.12. The van der Waals surface area contributed by atoms with E-state index in [0.29, 0.717) is 10.7 Å². The molecule has 0 radical (unpaired) electrons. The number of fused-ring (bicyclic) bond motifs is 1. The molecule has 3 aromatic rings. The highest BCUT2D eigenvalue weighted by Gasteiger charge is 2.14. The number of aromatic nitrogens is 3. The molecule has 3 rings (SSSR count). The van der Waals surface area contributed by atoms with Gasteiger partial charge in [-0.15, -0.1) is 0 Å². The number of halogens is 2. The van der Waals surface area contributed by atoms with Crippen molar-refractivity contribution in [3.05, 3.63) is 40.9 Å². The molecule has 0 aliphatic heterocycles. The Morgan fingerprint density at radius 1 is 1.25 bits per heavy atom. The quantitative estimate of drug-likeness (QED) is 0.673. The number of hydrogen-bond acceptors (Lipinski definition) is 3. The van der Waals surface area contributed by atoms with Gasteiger partial charge in [-0.2, -0.15) is 0 Å². The molecule has 20 heavy (non-hydrogen) atoms. The van der Waals surface area contributed by atoms with Crippen LogP contribution in [-0.2, 0) is 7.05 Å². The molecule has 102 valence electrons. The Labute approximate surface area is 125 Å². The summed E-state index contributed by atoms with van der Waals surface area (Å²) in [7, 11) is 3.61. The number of nitrogens with zero attached hydrogens (tertiary/aromatic N) is 3. The van der Waals surface area contributed by atoms with Crippen LogP contribution in [0.15, 0.2) is 30.6 Å². The van der Waals surface area contributed by atoms with E-state index < -0.39 is 0 Å². The van der Waals surface area contributed by atoms with Gasteiger partial charge in [-0.3, -0.25) is 0 Å². The van der Waals surface area contributed by atoms with Crippen LogP contribution in [0.4, 0.5) is 0 Å². The third kappa shape index (κ3) is 2.11. The lowest BCUT2D eigenvalue weighted by Crippen LogP contribution is -1.88. The molecule has 0 saturated carbocycles. The summed E-state index contributed by atoms with van der Waals surface area (Å²) in [4.78, 5) is 8.10. The highest BCUT2D eigenvalue weighted by Crippen LogP contribution is 2.34. The maximum atomic E-state index is 6.18. The molecule has 0 bridgehead atoms. The van der Waals surface area contributed by atoms with Gasteiger partial charge in [-0.05, 0) is 23.7 Å². The Balaban J connectivity index is 2.29. The van der Waals surface area contributed by atoms with Crippen molar-refractivity contribution in [3.63, 3.8) is 0 Å². The fraction of sp³-hybridized carbons (Fsp3) is 0.143. The van der Waals surface area contributed by atoms with E-state index in [1.54, 1.807) is 7.11 Å². The predicted octanol–water partition coefficient (Wildman–Crippen LogP) is 3.95. The average Bonchev–Trinajstić information content (AvgIpc) is 2.78. The molecule has 0 saturated heterocycles. The first kappa shape index (κ1) is 13.2. The third-order valence-corrected chi connectivity index (χ3v) is 3.63. The Morgan fingerprint density at radius 3 is 2.80 bits per heavy atom. The topological polar surface area (TPSA) is 39.9 Å². The second-order valence-electron chi connectivity index (χ2n) is 4.37. The summed E-state index contributed by atoms with van der Waals surface area (Å²) in [5, 5.41) is 1.68. The minimum absolute atomic E-state index is 0.176. The van der Waals surface area contributed by atoms with Crippen LogP contribution in [0.25, 0.3) is 22.2 Å². The van der Waals surface area contributed by atoms with E-state index >= 15 is 0 Å². The van der Waals surface area contributed by atoms with E-state index in [1.165, 1.54) is 6.20 Å². The van der Waals surface area contributed by atoms with Gasteiger partial charge in [0.15, 0.2) is 0 Å². The molecule has 6 heteroatoms. The summed E-state index contributed by atoms with van der Waals surface area (Å²) in [6, 6.07) is 5.86. The van der Waals surface area contributed by atoms with Crippen LogP contribution < -0.4 is 4.74 Å². The standard InChI is InChI=1S/C14H11Cl2N3O/c1-19-7-10(13-11(15)6-17-14(16)18-13)9-4-3-8(20-2)5-12(9)19/h3-7H,1-2H3. The van der Waals surface area contributed by atoms with Crippen molar-refractivity contribution in [2.24, 2.45) is 7.05 Å². The molecule has 4 nitrogen and oxygen atoms in total. The van der Waals surface area contributed by atoms with Gasteiger partial charge in [0, 0.05) is 30.3 Å². The summed E-state index contributed by atoms with van der Waals surface area (Å²) < 4.78 is 7.25. The Morgan fingerprint density at radius 2 is 2.05 bits per heavy atom. The lowest BCUT2D eigenvalue weighted by atomic mass is 10.1. The largest absolute Gasteiger partial charge is 0.497 e. The summed E-state index contributed by atoms with van der Waals surface area (Å²) in [6.45, 7) is 0. The Kier molecular flexibility index (Phi) is 3.28. The van der Waals surface area contributed by atoms with Gasteiger partial charge in [0.05, 0.1) is 29.5 Å². The Bertz CT molecular complexity index is 798. The number of benzene rings is 1. The van der Waals surface area contributed by atoms with Gasteiger partial charge in [0.1, 0.15) is 5.75 Å². The van der Waals surface area contributed by atoms with Crippen molar-refractivity contribution in [1.29, 1.82) is 0 Å². The first-order valence-electron chi connectivity index (χ1n) is 5.91. The molecular formula is C14H11Cl2N3O. The fourth-order valence-corrected chi connectivity index (χ4v) is 2.54. The maximum Gasteiger partial charge on any atom is 0.222 e. The van der Waals surface area contributed by atoms with Crippen molar-refractivity contribution in [2.75, 3.05) is 7.11 Å². The molecule has 2 aromatic heterocycles. The van der Waals surface area contributed by atoms with Crippen LogP contribution in [-0.4, -0.2) is 21.6 Å². The van der Waals surface area contributed by atoms with Crippen LogP contribution in [0.1, 0.15) is 0 Å². The van der Waals surface area contributed by atoms with E-state index in [-0.39, 0.29) is 5.28 Å². The van der Waals surface area contributed by atoms with E-state index in [1.807, 2.05) is 36.0 Å². The van der Waals surface area contributed by atoms with Crippen LogP contribution in [0.3, 0.4) is 0 Å². The van der Waals surface area contributed by atoms with Crippen molar-refractivity contribution in [3.8, 4) is 17.0 Å². The zero-order valence-corrected chi connectivity index (χ0v) is 12.4. The fourth-order valence-electron chi connectivity index (χ4n) is 2.21. The lowest BCUT2D eigenvalue weighted by molar-refractivity contribution is 0.415. The summed E-state index contributed by atoms with van der Waals surface area (Å²) in [5.74, 6) is 0.803. The third-order valence-electron chi connectivity index (χ3n) is 3.17. The molecule has 2 heterocycles. The summed E-state index contributed by atoms with van der Waals surface area (Å²) >= 11 is 12.0. The maximum absolute atomic E-state index is 6.18. The molecule has 1 aromatic carbocycles. The Hall–Kier alpha value is -1.78. The molecular weight excluding hydrogens is 297 g/mol. The van der Waals surface area contributed by atoms with E-state index in [0.717, 1.165) is 22.2 Å². The number of aryl methyl sites for hydroxylation is 1. The van der Waals surface area contributed by atoms with Crippen molar-refractivity contribution >= 4 is 34.1 Å². The monoisotopic (exact) mass is 307 g/mol. The smallest absolute Gasteiger partial charge is 0.222 e. The molecule has 0 fully saturated rings. The van der Waals surface area contributed by atoms with Gasteiger partial charge >= 0.3 is 0 Å². The average molecular weight is 308 g/mol. The summed E-state index contributed by atoms with van der Waals surface area (Å²) in [5.41, 5.74) is 2.58. The molecule has 0 spiro atoms. The van der Waals surface area contributed by atoms with Crippen molar-refractivity contribution in [2.45, 2.75) is 0 Å². The number of rotatable bonds is 2. The first-order chi connectivity index (χ1) is 9.60. The lowest BCUT2D eigenvalue weighted by Gasteiger charge is -2.03. The van der Waals surface area contributed by atoms with Crippen LogP contribution in [0, 0.1) is 0 Å². The van der Waals surface area contributed by atoms with Crippen LogP contribution in [0.2, 0.25) is 10.3 Å². The molecule has 0 amide bonds. The van der Waals surface area contributed by atoms with Crippen LogP contribution >= 0.6 is 23.2 Å². The highest BCUT2D eigenvalue weighted by molar-refractivity contribution is 6.34. The first-order valence-corrected chi connectivity index (χ1v) is 6.67. The number of hydrogen-bond donors (Lipinski definition) is 0. The van der Waals surface area contributed by atoms with E-state index in [4.69, 9.17) is 27.9 Å². The zero-order chi connectivity index (χ0) is 14.3.